The van der Waals surface area contributed by atoms with E-state index in [9.17, 15) is 4.79 Å². The summed E-state index contributed by atoms with van der Waals surface area (Å²) in [4.78, 5) is 10.5. The molecule has 0 radical (unpaired) electrons. The van der Waals surface area contributed by atoms with Crippen LogP contribution in [-0.4, -0.2) is 17.1 Å². The van der Waals surface area contributed by atoms with Crippen LogP contribution in [0.3, 0.4) is 0 Å². The van der Waals surface area contributed by atoms with Crippen LogP contribution in [0.15, 0.2) is 24.3 Å². The van der Waals surface area contributed by atoms with Crippen molar-refractivity contribution in [3.05, 3.63) is 35.4 Å². The highest BCUT2D eigenvalue weighted by molar-refractivity contribution is 5.70. The van der Waals surface area contributed by atoms with E-state index in [-0.39, 0.29) is 6.42 Å². The number of hydrogen-bond acceptors (Lipinski definition) is 2. The third kappa shape index (κ3) is 3.86. The monoisotopic (exact) mass is 233 g/mol. The first-order valence-electron chi connectivity index (χ1n) is 6.18. The lowest BCUT2D eigenvalue weighted by atomic mass is 10.1. The molecule has 0 spiro atoms. The van der Waals surface area contributed by atoms with Gasteiger partial charge in [0.25, 0.3) is 0 Å². The highest BCUT2D eigenvalue weighted by Crippen LogP contribution is 2.32. The summed E-state index contributed by atoms with van der Waals surface area (Å²) in [6.07, 6.45) is 2.81. The number of aliphatic carboxylic acids is 1. The van der Waals surface area contributed by atoms with Crippen LogP contribution in [-0.2, 0) is 17.8 Å². The Morgan fingerprint density at radius 1 is 1.35 bits per heavy atom. The summed E-state index contributed by atoms with van der Waals surface area (Å²) in [7, 11) is 0. The quantitative estimate of drug-likeness (QED) is 0.792. The van der Waals surface area contributed by atoms with Gasteiger partial charge in [-0.15, -0.1) is 0 Å². The predicted molar refractivity (Wildman–Crippen MR) is 66.8 cm³/mol. The molecule has 0 bridgehead atoms. The van der Waals surface area contributed by atoms with Crippen LogP contribution in [0.1, 0.15) is 30.9 Å². The Morgan fingerprint density at radius 3 is 2.47 bits per heavy atom. The third-order valence-electron chi connectivity index (χ3n) is 3.34. The number of nitrogens with one attached hydrogen (secondary N) is 1. The second kappa shape index (κ2) is 5.32. The van der Waals surface area contributed by atoms with Crippen molar-refractivity contribution in [2.45, 2.75) is 38.8 Å². The van der Waals surface area contributed by atoms with Crippen LogP contribution in [0.25, 0.3) is 0 Å². The van der Waals surface area contributed by atoms with Gasteiger partial charge in [-0.2, -0.15) is 0 Å². The molecule has 92 valence electrons. The molecule has 3 nitrogen and oxygen atoms in total. The van der Waals surface area contributed by atoms with Gasteiger partial charge in [-0.05, 0) is 36.8 Å². The number of benzene rings is 1. The second-order valence-electron chi connectivity index (χ2n) is 4.89. The van der Waals surface area contributed by atoms with E-state index in [1.807, 2.05) is 24.3 Å². The molecular weight excluding hydrogens is 214 g/mol. The average molecular weight is 233 g/mol. The number of carbonyl (C=O) groups is 1. The van der Waals surface area contributed by atoms with E-state index in [0.29, 0.717) is 6.04 Å². The molecule has 1 atom stereocenters. The number of carboxylic acids is 1. The Kier molecular flexibility index (Phi) is 3.79. The van der Waals surface area contributed by atoms with E-state index < -0.39 is 5.97 Å². The molecule has 1 aromatic rings. The average Bonchev–Trinajstić information content (AvgIpc) is 3.11. The first-order valence-corrected chi connectivity index (χ1v) is 6.18. The van der Waals surface area contributed by atoms with E-state index >= 15 is 0 Å². The molecule has 0 aromatic heterocycles. The van der Waals surface area contributed by atoms with Crippen LogP contribution in [0.5, 0.6) is 0 Å². The first kappa shape index (κ1) is 12.1. The van der Waals surface area contributed by atoms with Crippen molar-refractivity contribution < 1.29 is 9.90 Å². The summed E-state index contributed by atoms with van der Waals surface area (Å²) in [5, 5.41) is 12.2. The maximum atomic E-state index is 10.5. The molecule has 2 N–H and O–H groups in total. The highest BCUT2D eigenvalue weighted by Gasteiger charge is 2.27. The lowest BCUT2D eigenvalue weighted by Crippen LogP contribution is -2.27. The topological polar surface area (TPSA) is 49.3 Å². The standard InChI is InChI=1S/C14H19NO2/c1-10(13-6-7-13)15-9-12-4-2-11(3-5-12)8-14(16)17/h2-5,10,13,15H,6-9H2,1H3,(H,16,17). The third-order valence-corrected chi connectivity index (χ3v) is 3.34. The summed E-state index contributed by atoms with van der Waals surface area (Å²) in [6.45, 7) is 3.10. The van der Waals surface area contributed by atoms with E-state index in [0.717, 1.165) is 18.0 Å². The zero-order chi connectivity index (χ0) is 12.3. The summed E-state index contributed by atoms with van der Waals surface area (Å²) in [5.74, 6) is 0.0829. The zero-order valence-corrected chi connectivity index (χ0v) is 10.1. The molecule has 0 heterocycles. The molecule has 1 unspecified atom stereocenters. The van der Waals surface area contributed by atoms with Gasteiger partial charge in [0.05, 0.1) is 6.42 Å². The molecule has 1 saturated carbocycles. The highest BCUT2D eigenvalue weighted by atomic mass is 16.4. The fraction of sp³-hybridized carbons (Fsp3) is 0.500. The van der Waals surface area contributed by atoms with Crippen molar-refractivity contribution in [1.29, 1.82) is 0 Å². The fourth-order valence-corrected chi connectivity index (χ4v) is 1.99. The summed E-state index contributed by atoms with van der Waals surface area (Å²) in [6, 6.07) is 8.39. The van der Waals surface area contributed by atoms with Crippen LogP contribution in [0.4, 0.5) is 0 Å². The van der Waals surface area contributed by atoms with Crippen molar-refractivity contribution in [2.75, 3.05) is 0 Å². The second-order valence-corrected chi connectivity index (χ2v) is 4.89. The maximum Gasteiger partial charge on any atom is 0.307 e. The van der Waals surface area contributed by atoms with Crippen molar-refractivity contribution >= 4 is 5.97 Å². The molecule has 17 heavy (non-hydrogen) atoms. The largest absolute Gasteiger partial charge is 0.481 e. The lowest BCUT2D eigenvalue weighted by molar-refractivity contribution is -0.136. The van der Waals surface area contributed by atoms with Gasteiger partial charge in [-0.1, -0.05) is 24.3 Å². The van der Waals surface area contributed by atoms with Gasteiger partial charge in [0.1, 0.15) is 0 Å². The smallest absolute Gasteiger partial charge is 0.307 e. The van der Waals surface area contributed by atoms with Crippen LogP contribution in [0.2, 0.25) is 0 Å². The number of rotatable bonds is 6. The Bertz CT molecular complexity index is 382. The molecule has 3 heteroatoms. The fourth-order valence-electron chi connectivity index (χ4n) is 1.99. The van der Waals surface area contributed by atoms with E-state index in [1.165, 1.54) is 18.4 Å². The van der Waals surface area contributed by atoms with Gasteiger partial charge in [-0.25, -0.2) is 0 Å². The van der Waals surface area contributed by atoms with Crippen molar-refractivity contribution in [1.82, 2.24) is 5.32 Å². The van der Waals surface area contributed by atoms with Gasteiger partial charge in [0.2, 0.25) is 0 Å². The molecule has 1 aliphatic rings. The van der Waals surface area contributed by atoms with Crippen LogP contribution >= 0.6 is 0 Å². The maximum absolute atomic E-state index is 10.5. The zero-order valence-electron chi connectivity index (χ0n) is 10.1. The van der Waals surface area contributed by atoms with E-state index in [4.69, 9.17) is 5.11 Å². The summed E-state index contributed by atoms with van der Waals surface area (Å²) >= 11 is 0. The molecular formula is C14H19NO2. The minimum Gasteiger partial charge on any atom is -0.481 e. The predicted octanol–water partition coefficient (Wildman–Crippen LogP) is 2.20. The molecule has 2 rings (SSSR count). The number of hydrogen-bond donors (Lipinski definition) is 2. The molecule has 1 aliphatic carbocycles. The van der Waals surface area contributed by atoms with Gasteiger partial charge >= 0.3 is 5.97 Å². The molecule has 1 fully saturated rings. The minimum absolute atomic E-state index is 0.103. The first-order chi connectivity index (χ1) is 8.15. The molecule has 0 amide bonds. The Labute approximate surface area is 102 Å². The number of carboxylic acid groups (broad SMARTS) is 1. The minimum atomic E-state index is -0.779. The van der Waals surface area contributed by atoms with Crippen molar-refractivity contribution in [3.8, 4) is 0 Å². The van der Waals surface area contributed by atoms with E-state index in [2.05, 4.69) is 12.2 Å². The molecule has 0 aliphatic heterocycles. The summed E-state index contributed by atoms with van der Waals surface area (Å²) < 4.78 is 0. The Morgan fingerprint density at radius 2 is 1.94 bits per heavy atom. The Hall–Kier alpha value is -1.35. The molecule has 1 aromatic carbocycles. The van der Waals surface area contributed by atoms with Crippen molar-refractivity contribution in [2.24, 2.45) is 5.92 Å². The van der Waals surface area contributed by atoms with Crippen LogP contribution in [0, 0.1) is 5.92 Å². The SMILES string of the molecule is CC(NCc1ccc(CC(=O)O)cc1)C1CC1. The van der Waals surface area contributed by atoms with Gasteiger partial charge in [0, 0.05) is 12.6 Å². The normalized spacial score (nSPS) is 16.8. The van der Waals surface area contributed by atoms with E-state index in [1.54, 1.807) is 0 Å². The van der Waals surface area contributed by atoms with Gasteiger partial charge < -0.3 is 10.4 Å². The van der Waals surface area contributed by atoms with Gasteiger partial charge in [-0.3, -0.25) is 4.79 Å². The molecule has 0 saturated heterocycles. The Balaban J connectivity index is 1.82. The van der Waals surface area contributed by atoms with Crippen molar-refractivity contribution in [3.63, 3.8) is 0 Å². The lowest BCUT2D eigenvalue weighted by Gasteiger charge is -2.12. The van der Waals surface area contributed by atoms with Gasteiger partial charge in [0.15, 0.2) is 0 Å². The van der Waals surface area contributed by atoms with Crippen LogP contribution < -0.4 is 5.32 Å². The summed E-state index contributed by atoms with van der Waals surface area (Å²) in [5.41, 5.74) is 2.07.